The minimum Gasteiger partial charge on any atom is -0.379 e. The summed E-state index contributed by atoms with van der Waals surface area (Å²) >= 11 is 0. The number of hydrogen-bond acceptors (Lipinski definition) is 4. The van der Waals surface area contributed by atoms with E-state index < -0.39 is 0 Å². The molecular formula is C19H37N5O2. The Morgan fingerprint density at radius 1 is 1.15 bits per heavy atom. The summed E-state index contributed by atoms with van der Waals surface area (Å²) in [5, 5.41) is 6.80. The SMILES string of the molecule is CCNC(=NCC(=O)N(C)C)NCC1(CN2CCOCC2)CCCCC1. The van der Waals surface area contributed by atoms with Gasteiger partial charge in [-0.15, -0.1) is 0 Å². The molecule has 0 aromatic rings. The van der Waals surface area contributed by atoms with Gasteiger partial charge in [0.25, 0.3) is 0 Å². The van der Waals surface area contributed by atoms with Crippen molar-refractivity contribution >= 4 is 11.9 Å². The molecule has 1 saturated carbocycles. The van der Waals surface area contributed by atoms with Crippen LogP contribution in [-0.4, -0.2) is 88.2 Å². The average Bonchev–Trinajstić information content (AvgIpc) is 2.65. The molecule has 26 heavy (non-hydrogen) atoms. The molecule has 7 nitrogen and oxygen atoms in total. The molecule has 0 aromatic heterocycles. The second-order valence-electron chi connectivity index (χ2n) is 7.79. The number of morpholine rings is 1. The van der Waals surface area contributed by atoms with Gasteiger partial charge in [-0.2, -0.15) is 0 Å². The van der Waals surface area contributed by atoms with E-state index in [4.69, 9.17) is 4.74 Å². The van der Waals surface area contributed by atoms with Crippen LogP contribution in [0.2, 0.25) is 0 Å². The van der Waals surface area contributed by atoms with Gasteiger partial charge < -0.3 is 20.3 Å². The molecule has 0 spiro atoms. The number of nitrogens with one attached hydrogen (secondary N) is 2. The third-order valence-electron chi connectivity index (χ3n) is 5.42. The normalized spacial score (nSPS) is 21.3. The summed E-state index contributed by atoms with van der Waals surface area (Å²) in [5.74, 6) is 0.762. The van der Waals surface area contributed by atoms with Crippen LogP contribution < -0.4 is 10.6 Å². The van der Waals surface area contributed by atoms with E-state index in [0.29, 0.717) is 0 Å². The van der Waals surface area contributed by atoms with Gasteiger partial charge in [0.2, 0.25) is 5.91 Å². The fourth-order valence-electron chi connectivity index (χ4n) is 3.83. The van der Waals surface area contributed by atoms with Crippen LogP contribution in [0.25, 0.3) is 0 Å². The summed E-state index contributed by atoms with van der Waals surface area (Å²) in [6.45, 7) is 8.82. The van der Waals surface area contributed by atoms with E-state index >= 15 is 0 Å². The van der Waals surface area contributed by atoms with E-state index in [2.05, 4.69) is 27.4 Å². The van der Waals surface area contributed by atoms with Gasteiger partial charge >= 0.3 is 0 Å². The molecule has 1 aliphatic carbocycles. The molecule has 1 amide bonds. The summed E-state index contributed by atoms with van der Waals surface area (Å²) < 4.78 is 5.50. The molecule has 2 rings (SSSR count). The third-order valence-corrected chi connectivity index (χ3v) is 5.42. The first-order valence-electron chi connectivity index (χ1n) is 10.1. The van der Waals surface area contributed by atoms with Crippen LogP contribution in [0.15, 0.2) is 4.99 Å². The smallest absolute Gasteiger partial charge is 0.243 e. The van der Waals surface area contributed by atoms with Crippen LogP contribution in [0.5, 0.6) is 0 Å². The number of nitrogens with zero attached hydrogens (tertiary/aromatic N) is 3. The molecule has 0 radical (unpaired) electrons. The van der Waals surface area contributed by atoms with Crippen molar-refractivity contribution in [2.45, 2.75) is 39.0 Å². The van der Waals surface area contributed by atoms with Crippen LogP contribution in [0.1, 0.15) is 39.0 Å². The van der Waals surface area contributed by atoms with Gasteiger partial charge in [0.15, 0.2) is 5.96 Å². The number of guanidine groups is 1. The first-order valence-corrected chi connectivity index (χ1v) is 10.1. The highest BCUT2D eigenvalue weighted by Crippen LogP contribution is 2.36. The van der Waals surface area contributed by atoms with Crippen LogP contribution in [0.4, 0.5) is 0 Å². The molecule has 150 valence electrons. The minimum absolute atomic E-state index is 0.0166. The number of amides is 1. The maximum atomic E-state index is 11.8. The van der Waals surface area contributed by atoms with Crippen molar-refractivity contribution in [2.75, 3.05) is 66.6 Å². The third kappa shape index (κ3) is 6.76. The zero-order valence-electron chi connectivity index (χ0n) is 16.9. The van der Waals surface area contributed by atoms with E-state index in [1.165, 1.54) is 32.1 Å². The summed E-state index contributed by atoms with van der Waals surface area (Å²) in [6.07, 6.45) is 6.47. The highest BCUT2D eigenvalue weighted by atomic mass is 16.5. The van der Waals surface area contributed by atoms with Crippen molar-refractivity contribution in [1.29, 1.82) is 0 Å². The second-order valence-corrected chi connectivity index (χ2v) is 7.79. The van der Waals surface area contributed by atoms with Crippen molar-refractivity contribution in [2.24, 2.45) is 10.4 Å². The molecule has 2 fully saturated rings. The van der Waals surface area contributed by atoms with Crippen LogP contribution >= 0.6 is 0 Å². The topological polar surface area (TPSA) is 69.2 Å². The summed E-state index contributed by atoms with van der Waals surface area (Å²) in [5.41, 5.74) is 0.289. The van der Waals surface area contributed by atoms with Crippen molar-refractivity contribution in [1.82, 2.24) is 20.4 Å². The van der Waals surface area contributed by atoms with Crippen LogP contribution in [0, 0.1) is 5.41 Å². The van der Waals surface area contributed by atoms with Gasteiger partial charge in [-0.25, -0.2) is 4.99 Å². The van der Waals surface area contributed by atoms with E-state index in [1.807, 2.05) is 0 Å². The summed E-state index contributed by atoms with van der Waals surface area (Å²) in [4.78, 5) is 20.4. The molecular weight excluding hydrogens is 330 g/mol. The lowest BCUT2D eigenvalue weighted by Gasteiger charge is -2.42. The highest BCUT2D eigenvalue weighted by Gasteiger charge is 2.34. The molecule has 2 N–H and O–H groups in total. The maximum absolute atomic E-state index is 11.8. The Balaban J connectivity index is 1.96. The Hall–Kier alpha value is -1.34. The molecule has 1 heterocycles. The molecule has 0 bridgehead atoms. The molecule has 0 unspecified atom stereocenters. The summed E-state index contributed by atoms with van der Waals surface area (Å²) in [7, 11) is 3.52. The predicted octanol–water partition coefficient (Wildman–Crippen LogP) is 0.912. The minimum atomic E-state index is 0.0166. The van der Waals surface area contributed by atoms with Crippen LogP contribution in [0.3, 0.4) is 0 Å². The Bertz CT molecular complexity index is 455. The van der Waals surface area contributed by atoms with E-state index in [1.54, 1.807) is 19.0 Å². The number of ether oxygens (including phenoxy) is 1. The standard InChI is InChI=1S/C19H37N5O2/c1-4-20-18(21-14-17(25)23(2)3)22-15-19(8-6-5-7-9-19)16-24-10-12-26-13-11-24/h4-16H2,1-3H3,(H2,20,21,22). The van der Waals surface area contributed by atoms with Gasteiger partial charge in [-0.1, -0.05) is 19.3 Å². The van der Waals surface area contributed by atoms with E-state index in [-0.39, 0.29) is 17.9 Å². The lowest BCUT2D eigenvalue weighted by atomic mass is 9.73. The Morgan fingerprint density at radius 2 is 1.85 bits per heavy atom. The number of likely N-dealkylation sites (N-methyl/N-ethyl adjacent to an activating group) is 1. The van der Waals surface area contributed by atoms with Gasteiger partial charge in [-0.3, -0.25) is 9.69 Å². The number of hydrogen-bond donors (Lipinski definition) is 2. The van der Waals surface area contributed by atoms with Crippen molar-refractivity contribution in [3.8, 4) is 0 Å². The summed E-state index contributed by atoms with van der Waals surface area (Å²) in [6, 6.07) is 0. The highest BCUT2D eigenvalue weighted by molar-refractivity contribution is 5.84. The number of aliphatic imine (C=N–C) groups is 1. The van der Waals surface area contributed by atoms with E-state index in [9.17, 15) is 4.79 Å². The fourth-order valence-corrected chi connectivity index (χ4v) is 3.83. The number of carbonyl (C=O) groups is 1. The Kier molecular flexibility index (Phi) is 8.65. The monoisotopic (exact) mass is 367 g/mol. The molecule has 1 saturated heterocycles. The lowest BCUT2D eigenvalue weighted by Crippen LogP contribution is -2.51. The number of carbonyl (C=O) groups excluding carboxylic acids is 1. The molecule has 0 aromatic carbocycles. The number of rotatable bonds is 7. The van der Waals surface area contributed by atoms with Gasteiger partial charge in [0, 0.05) is 52.2 Å². The van der Waals surface area contributed by atoms with E-state index in [0.717, 1.165) is 51.9 Å². The largest absolute Gasteiger partial charge is 0.379 e. The zero-order chi connectivity index (χ0) is 18.8. The fraction of sp³-hybridized carbons (Fsp3) is 0.895. The first kappa shape index (κ1) is 21.0. The Morgan fingerprint density at radius 3 is 2.46 bits per heavy atom. The second kappa shape index (κ2) is 10.7. The molecule has 1 aliphatic heterocycles. The Labute approximate surface area is 158 Å². The molecule has 0 atom stereocenters. The zero-order valence-corrected chi connectivity index (χ0v) is 16.9. The van der Waals surface area contributed by atoms with Gasteiger partial charge in [0.05, 0.1) is 13.2 Å². The average molecular weight is 368 g/mol. The predicted molar refractivity (Wildman–Crippen MR) is 105 cm³/mol. The first-order chi connectivity index (χ1) is 12.5. The molecule has 2 aliphatic rings. The molecule has 7 heteroatoms. The lowest BCUT2D eigenvalue weighted by molar-refractivity contribution is -0.127. The quantitative estimate of drug-likeness (QED) is 0.517. The van der Waals surface area contributed by atoms with Gasteiger partial charge in [-0.05, 0) is 19.8 Å². The maximum Gasteiger partial charge on any atom is 0.243 e. The van der Waals surface area contributed by atoms with Crippen molar-refractivity contribution in [3.63, 3.8) is 0 Å². The van der Waals surface area contributed by atoms with Crippen molar-refractivity contribution in [3.05, 3.63) is 0 Å². The van der Waals surface area contributed by atoms with Gasteiger partial charge in [0.1, 0.15) is 6.54 Å². The van der Waals surface area contributed by atoms with Crippen molar-refractivity contribution < 1.29 is 9.53 Å². The van der Waals surface area contributed by atoms with Crippen LogP contribution in [-0.2, 0) is 9.53 Å².